The average Bonchev–Trinajstić information content (AvgIpc) is 2.40. The van der Waals surface area contributed by atoms with Crippen molar-refractivity contribution in [3.63, 3.8) is 0 Å². The summed E-state index contributed by atoms with van der Waals surface area (Å²) < 4.78 is 23.0. The molecule has 1 aromatic carbocycles. The topological polar surface area (TPSA) is 89.3 Å². The highest BCUT2D eigenvalue weighted by Gasteiger charge is 2.18. The minimum absolute atomic E-state index is 0.0267. The van der Waals surface area contributed by atoms with Crippen molar-refractivity contribution < 1.29 is 13.2 Å². The quantitative estimate of drug-likeness (QED) is 0.846. The van der Waals surface area contributed by atoms with Crippen LogP contribution < -0.4 is 10.5 Å². The summed E-state index contributed by atoms with van der Waals surface area (Å²) in [6, 6.07) is 3.03. The van der Waals surface area contributed by atoms with Gasteiger partial charge in [-0.2, -0.15) is 0 Å². The second-order valence-corrected chi connectivity index (χ2v) is 6.74. The van der Waals surface area contributed by atoms with Gasteiger partial charge in [0, 0.05) is 11.6 Å². The van der Waals surface area contributed by atoms with Crippen molar-refractivity contribution in [2.24, 2.45) is 11.1 Å². The number of benzene rings is 1. The number of hydrogen-bond donors (Lipinski definition) is 2. The second kappa shape index (κ2) is 7.04. The van der Waals surface area contributed by atoms with E-state index in [4.69, 9.17) is 5.14 Å². The van der Waals surface area contributed by atoms with Crippen LogP contribution in [0.5, 0.6) is 0 Å². The minimum Gasteiger partial charge on any atom is -0.325 e. The Hall–Kier alpha value is -1.40. The Balaban J connectivity index is 3.22. The molecule has 0 heterocycles. The number of primary sulfonamides is 1. The molecule has 0 atom stereocenters. The number of hydrogen-bond acceptors (Lipinski definition) is 3. The summed E-state index contributed by atoms with van der Waals surface area (Å²) in [6.07, 6.45) is 2.17. The molecule has 0 radical (unpaired) electrons. The van der Waals surface area contributed by atoms with Crippen LogP contribution >= 0.6 is 0 Å². The third kappa shape index (κ3) is 4.28. The van der Waals surface area contributed by atoms with Gasteiger partial charge in [-0.25, -0.2) is 13.6 Å². The molecule has 0 spiro atoms. The molecular formula is C15H24N2O3S. The van der Waals surface area contributed by atoms with E-state index in [1.165, 1.54) is 12.1 Å². The van der Waals surface area contributed by atoms with Gasteiger partial charge in [0.15, 0.2) is 0 Å². The number of rotatable bonds is 6. The number of anilines is 1. The van der Waals surface area contributed by atoms with E-state index in [9.17, 15) is 13.2 Å². The lowest BCUT2D eigenvalue weighted by Gasteiger charge is -2.18. The van der Waals surface area contributed by atoms with Gasteiger partial charge in [0.1, 0.15) is 0 Å². The molecule has 0 saturated heterocycles. The normalized spacial score (nSPS) is 11.7. The van der Waals surface area contributed by atoms with Gasteiger partial charge in [-0.15, -0.1) is 0 Å². The van der Waals surface area contributed by atoms with E-state index in [2.05, 4.69) is 5.32 Å². The zero-order valence-electron chi connectivity index (χ0n) is 13.1. The summed E-state index contributed by atoms with van der Waals surface area (Å²) in [5, 5.41) is 8.11. The van der Waals surface area contributed by atoms with Crippen LogP contribution in [-0.4, -0.2) is 14.3 Å². The zero-order valence-corrected chi connectivity index (χ0v) is 13.9. The predicted molar refractivity (Wildman–Crippen MR) is 84.6 cm³/mol. The number of aryl methyl sites for hydroxylation is 2. The molecule has 1 rings (SSSR count). The highest BCUT2D eigenvalue weighted by molar-refractivity contribution is 7.89. The first-order valence-corrected chi connectivity index (χ1v) is 8.76. The monoisotopic (exact) mass is 312 g/mol. The van der Waals surface area contributed by atoms with Gasteiger partial charge in [0.25, 0.3) is 0 Å². The van der Waals surface area contributed by atoms with Gasteiger partial charge in [-0.05, 0) is 49.4 Å². The standard InChI is InChI=1S/C15H24N2O3S/c1-5-11(6-2)15(18)17-14-10(4)8-13(21(16,19)20)9-12(14)7-3/h8-9,11H,5-7H2,1-4H3,(H,17,18)(H2,16,19,20). The van der Waals surface area contributed by atoms with Crippen LogP contribution in [-0.2, 0) is 21.2 Å². The van der Waals surface area contributed by atoms with Crippen molar-refractivity contribution in [3.8, 4) is 0 Å². The fourth-order valence-corrected chi connectivity index (χ4v) is 2.98. The molecule has 0 fully saturated rings. The van der Waals surface area contributed by atoms with E-state index >= 15 is 0 Å². The second-order valence-electron chi connectivity index (χ2n) is 5.18. The summed E-state index contributed by atoms with van der Waals surface area (Å²) in [4.78, 5) is 12.3. The van der Waals surface area contributed by atoms with Crippen molar-refractivity contribution in [1.82, 2.24) is 0 Å². The van der Waals surface area contributed by atoms with Crippen LogP contribution in [0, 0.1) is 12.8 Å². The molecule has 0 aromatic heterocycles. The Kier molecular flexibility index (Phi) is 5.92. The third-order valence-electron chi connectivity index (χ3n) is 3.70. The molecule has 0 aliphatic heterocycles. The first kappa shape index (κ1) is 17.7. The molecule has 0 aliphatic carbocycles. The molecular weight excluding hydrogens is 288 g/mol. The molecule has 0 aliphatic rings. The summed E-state index contributed by atoms with van der Waals surface area (Å²) in [5.41, 5.74) is 2.18. The Labute approximate surface area is 127 Å². The highest BCUT2D eigenvalue weighted by Crippen LogP contribution is 2.26. The largest absolute Gasteiger partial charge is 0.325 e. The van der Waals surface area contributed by atoms with Crippen LogP contribution in [0.3, 0.4) is 0 Å². The molecule has 21 heavy (non-hydrogen) atoms. The van der Waals surface area contributed by atoms with Crippen molar-refractivity contribution in [1.29, 1.82) is 0 Å². The Morgan fingerprint density at radius 1 is 1.24 bits per heavy atom. The van der Waals surface area contributed by atoms with Crippen molar-refractivity contribution in [3.05, 3.63) is 23.3 Å². The van der Waals surface area contributed by atoms with E-state index in [0.717, 1.165) is 18.4 Å². The summed E-state index contributed by atoms with van der Waals surface area (Å²) >= 11 is 0. The first-order valence-electron chi connectivity index (χ1n) is 7.21. The minimum atomic E-state index is -3.74. The van der Waals surface area contributed by atoms with E-state index < -0.39 is 10.0 Å². The molecule has 0 bridgehead atoms. The lowest BCUT2D eigenvalue weighted by molar-refractivity contribution is -0.120. The van der Waals surface area contributed by atoms with Gasteiger partial charge in [-0.3, -0.25) is 4.79 Å². The number of sulfonamides is 1. The maximum atomic E-state index is 12.2. The van der Waals surface area contributed by atoms with Gasteiger partial charge >= 0.3 is 0 Å². The molecule has 0 unspecified atom stereocenters. The molecule has 5 nitrogen and oxygen atoms in total. The Morgan fingerprint density at radius 2 is 1.81 bits per heavy atom. The van der Waals surface area contributed by atoms with Crippen LogP contribution in [0.4, 0.5) is 5.69 Å². The molecule has 1 aromatic rings. The molecule has 6 heteroatoms. The predicted octanol–water partition coefficient (Wildman–Crippen LogP) is 2.58. The number of amides is 1. The fourth-order valence-electron chi connectivity index (χ4n) is 2.33. The first-order chi connectivity index (χ1) is 9.74. The summed E-state index contributed by atoms with van der Waals surface area (Å²) in [5.74, 6) is -0.0619. The molecule has 3 N–H and O–H groups in total. The van der Waals surface area contributed by atoms with Gasteiger partial charge in [-0.1, -0.05) is 20.8 Å². The lowest BCUT2D eigenvalue weighted by atomic mass is 10.0. The fraction of sp³-hybridized carbons (Fsp3) is 0.533. The number of carbonyl (C=O) groups excluding carboxylic acids is 1. The van der Waals surface area contributed by atoms with E-state index in [-0.39, 0.29) is 16.7 Å². The van der Waals surface area contributed by atoms with Crippen molar-refractivity contribution in [2.75, 3.05) is 5.32 Å². The summed E-state index contributed by atoms with van der Waals surface area (Å²) in [7, 11) is -3.74. The number of nitrogens with one attached hydrogen (secondary N) is 1. The zero-order chi connectivity index (χ0) is 16.2. The third-order valence-corrected chi connectivity index (χ3v) is 4.60. The highest BCUT2D eigenvalue weighted by atomic mass is 32.2. The van der Waals surface area contributed by atoms with E-state index in [1.54, 1.807) is 6.92 Å². The van der Waals surface area contributed by atoms with Crippen molar-refractivity contribution in [2.45, 2.75) is 51.9 Å². The maximum absolute atomic E-state index is 12.2. The number of carbonyl (C=O) groups is 1. The smallest absolute Gasteiger partial charge is 0.238 e. The molecule has 1 amide bonds. The number of nitrogens with two attached hydrogens (primary N) is 1. The van der Waals surface area contributed by atoms with Gasteiger partial charge < -0.3 is 5.32 Å². The van der Waals surface area contributed by atoms with Gasteiger partial charge in [0.2, 0.25) is 15.9 Å². The van der Waals surface area contributed by atoms with E-state index in [0.29, 0.717) is 17.7 Å². The lowest BCUT2D eigenvalue weighted by Crippen LogP contribution is -2.23. The summed E-state index contributed by atoms with van der Waals surface area (Å²) in [6.45, 7) is 7.64. The van der Waals surface area contributed by atoms with Gasteiger partial charge in [0.05, 0.1) is 4.90 Å². The van der Waals surface area contributed by atoms with Crippen LogP contribution in [0.1, 0.15) is 44.7 Å². The molecule has 118 valence electrons. The Bertz CT molecular complexity index is 620. The Morgan fingerprint density at radius 3 is 2.24 bits per heavy atom. The van der Waals surface area contributed by atoms with E-state index in [1.807, 2.05) is 20.8 Å². The average molecular weight is 312 g/mol. The van der Waals surface area contributed by atoms with Crippen LogP contribution in [0.2, 0.25) is 0 Å². The van der Waals surface area contributed by atoms with Crippen molar-refractivity contribution >= 4 is 21.6 Å². The molecule has 0 saturated carbocycles. The maximum Gasteiger partial charge on any atom is 0.238 e. The SMILES string of the molecule is CCc1cc(S(N)(=O)=O)cc(C)c1NC(=O)C(CC)CC. The van der Waals surface area contributed by atoms with Crippen LogP contribution in [0.25, 0.3) is 0 Å². The van der Waals surface area contributed by atoms with Crippen LogP contribution in [0.15, 0.2) is 17.0 Å².